The molecule has 0 saturated carbocycles. The van der Waals surface area contributed by atoms with Crippen LogP contribution in [-0.2, 0) is 9.53 Å². The van der Waals surface area contributed by atoms with E-state index in [9.17, 15) is 9.59 Å². The molecule has 0 radical (unpaired) electrons. The summed E-state index contributed by atoms with van der Waals surface area (Å²) in [4.78, 5) is 24.0. The van der Waals surface area contributed by atoms with E-state index in [0.29, 0.717) is 22.8 Å². The molecular formula is C13H13ClO4. The van der Waals surface area contributed by atoms with Crippen LogP contribution in [0.3, 0.4) is 0 Å². The Hall–Kier alpha value is -1.55. The molecule has 0 fully saturated rings. The maximum atomic E-state index is 12.3. The SMILES string of the molecule is CCOC(=O)C1CCOc2c(Cl)cccc2C1=O. The second-order valence-corrected chi connectivity index (χ2v) is 4.33. The summed E-state index contributed by atoms with van der Waals surface area (Å²) in [5.41, 5.74) is 0.345. The smallest absolute Gasteiger partial charge is 0.316 e. The van der Waals surface area contributed by atoms with Crippen LogP contribution in [0, 0.1) is 5.92 Å². The molecule has 0 aliphatic carbocycles. The number of ketones is 1. The van der Waals surface area contributed by atoms with Crippen LogP contribution < -0.4 is 4.74 Å². The van der Waals surface area contributed by atoms with Crippen molar-refractivity contribution in [2.75, 3.05) is 13.2 Å². The number of para-hydroxylation sites is 1. The van der Waals surface area contributed by atoms with E-state index in [1.807, 2.05) is 0 Å². The van der Waals surface area contributed by atoms with Crippen LogP contribution in [0.2, 0.25) is 5.02 Å². The minimum atomic E-state index is -0.801. The summed E-state index contributed by atoms with van der Waals surface area (Å²) in [6.07, 6.45) is 0.308. The molecule has 2 rings (SSSR count). The minimum Gasteiger partial charge on any atom is -0.491 e. The van der Waals surface area contributed by atoms with Crippen molar-refractivity contribution in [1.82, 2.24) is 0 Å². The highest BCUT2D eigenvalue weighted by Gasteiger charge is 2.33. The standard InChI is InChI=1S/C13H13ClO4/c1-2-17-13(16)9-6-7-18-12-8(11(9)15)4-3-5-10(12)14/h3-5,9H,2,6-7H2,1H3. The van der Waals surface area contributed by atoms with Crippen molar-refractivity contribution < 1.29 is 19.1 Å². The predicted molar refractivity (Wildman–Crippen MR) is 66.0 cm³/mol. The molecule has 1 aliphatic rings. The molecular weight excluding hydrogens is 256 g/mol. The number of Topliss-reactive ketones (excluding diaryl/α,β-unsaturated/α-hetero) is 1. The number of esters is 1. The van der Waals surface area contributed by atoms with Gasteiger partial charge in [0.25, 0.3) is 0 Å². The number of rotatable bonds is 2. The number of carbonyl (C=O) groups excluding carboxylic acids is 2. The largest absolute Gasteiger partial charge is 0.491 e. The van der Waals surface area contributed by atoms with Crippen molar-refractivity contribution in [3.63, 3.8) is 0 Å². The molecule has 0 aromatic heterocycles. The van der Waals surface area contributed by atoms with Gasteiger partial charge in [0.15, 0.2) is 5.78 Å². The first kappa shape index (κ1) is 12.9. The third kappa shape index (κ3) is 2.34. The Kier molecular flexibility index (Phi) is 3.87. The molecule has 1 aromatic carbocycles. The topological polar surface area (TPSA) is 52.6 Å². The second kappa shape index (κ2) is 5.40. The molecule has 1 aromatic rings. The summed E-state index contributed by atoms with van der Waals surface area (Å²) in [5, 5.41) is 0.380. The summed E-state index contributed by atoms with van der Waals surface area (Å²) in [6, 6.07) is 4.93. The van der Waals surface area contributed by atoms with Crippen molar-refractivity contribution in [3.05, 3.63) is 28.8 Å². The minimum absolute atomic E-state index is 0.256. The van der Waals surface area contributed by atoms with Gasteiger partial charge in [-0.25, -0.2) is 0 Å². The van der Waals surface area contributed by atoms with Crippen LogP contribution in [-0.4, -0.2) is 25.0 Å². The summed E-state index contributed by atoms with van der Waals surface area (Å²) < 4.78 is 10.4. The Labute approximate surface area is 110 Å². The van der Waals surface area contributed by atoms with Gasteiger partial charge in [-0.3, -0.25) is 9.59 Å². The number of ether oxygens (including phenoxy) is 2. The fourth-order valence-corrected chi connectivity index (χ4v) is 2.14. The average molecular weight is 269 g/mol. The van der Waals surface area contributed by atoms with Crippen LogP contribution in [0.25, 0.3) is 0 Å². The molecule has 0 spiro atoms. The Balaban J connectivity index is 2.35. The zero-order valence-electron chi connectivity index (χ0n) is 9.94. The van der Waals surface area contributed by atoms with Crippen molar-refractivity contribution in [2.45, 2.75) is 13.3 Å². The summed E-state index contributed by atoms with van der Waals surface area (Å²) >= 11 is 5.98. The highest BCUT2D eigenvalue weighted by molar-refractivity contribution is 6.33. The lowest BCUT2D eigenvalue weighted by Crippen LogP contribution is -2.26. The van der Waals surface area contributed by atoms with Gasteiger partial charge in [-0.1, -0.05) is 17.7 Å². The first-order valence-corrected chi connectivity index (χ1v) is 6.15. The van der Waals surface area contributed by atoms with Crippen LogP contribution in [0.15, 0.2) is 18.2 Å². The first-order chi connectivity index (χ1) is 8.65. The molecule has 1 aliphatic heterocycles. The fraction of sp³-hybridized carbons (Fsp3) is 0.385. The number of hydrogen-bond acceptors (Lipinski definition) is 4. The van der Waals surface area contributed by atoms with Gasteiger partial charge in [0.1, 0.15) is 11.7 Å². The molecule has 18 heavy (non-hydrogen) atoms. The fourth-order valence-electron chi connectivity index (χ4n) is 1.91. The van der Waals surface area contributed by atoms with Gasteiger partial charge in [-0.15, -0.1) is 0 Å². The quantitative estimate of drug-likeness (QED) is 0.611. The molecule has 1 unspecified atom stereocenters. The maximum Gasteiger partial charge on any atom is 0.316 e. The van der Waals surface area contributed by atoms with Crippen LogP contribution in [0.5, 0.6) is 5.75 Å². The van der Waals surface area contributed by atoms with E-state index in [0.717, 1.165) is 0 Å². The summed E-state index contributed by atoms with van der Waals surface area (Å²) in [7, 11) is 0. The van der Waals surface area contributed by atoms with Crippen molar-refractivity contribution in [3.8, 4) is 5.75 Å². The van der Waals surface area contributed by atoms with E-state index in [4.69, 9.17) is 21.1 Å². The van der Waals surface area contributed by atoms with Gasteiger partial charge in [0.05, 0.1) is 23.8 Å². The molecule has 96 valence electrons. The molecule has 4 nitrogen and oxygen atoms in total. The lowest BCUT2D eigenvalue weighted by molar-refractivity contribution is -0.146. The molecule has 0 N–H and O–H groups in total. The van der Waals surface area contributed by atoms with Gasteiger partial charge >= 0.3 is 5.97 Å². The van der Waals surface area contributed by atoms with Crippen molar-refractivity contribution in [2.24, 2.45) is 5.92 Å². The van der Waals surface area contributed by atoms with E-state index < -0.39 is 11.9 Å². The van der Waals surface area contributed by atoms with E-state index in [1.54, 1.807) is 25.1 Å². The number of hydrogen-bond donors (Lipinski definition) is 0. The van der Waals surface area contributed by atoms with Crippen LogP contribution in [0.4, 0.5) is 0 Å². The van der Waals surface area contributed by atoms with E-state index in [-0.39, 0.29) is 19.0 Å². The number of halogens is 1. The maximum absolute atomic E-state index is 12.3. The summed E-state index contributed by atoms with van der Waals surface area (Å²) in [6.45, 7) is 2.23. The monoisotopic (exact) mass is 268 g/mol. The predicted octanol–water partition coefficient (Wildman–Crippen LogP) is 2.48. The normalized spacial score (nSPS) is 18.6. The van der Waals surface area contributed by atoms with Gasteiger partial charge in [0.2, 0.25) is 0 Å². The molecule has 0 saturated heterocycles. The third-order valence-corrected chi connectivity index (χ3v) is 3.07. The Bertz CT molecular complexity index is 484. The van der Waals surface area contributed by atoms with Crippen molar-refractivity contribution >= 4 is 23.4 Å². The van der Waals surface area contributed by atoms with Crippen molar-refractivity contribution in [1.29, 1.82) is 0 Å². The van der Waals surface area contributed by atoms with Gasteiger partial charge < -0.3 is 9.47 Å². The molecule has 1 atom stereocenters. The number of carbonyl (C=O) groups is 2. The zero-order chi connectivity index (χ0) is 13.1. The Morgan fingerprint density at radius 3 is 3.06 bits per heavy atom. The average Bonchev–Trinajstić information content (AvgIpc) is 2.51. The molecule has 5 heteroatoms. The summed E-state index contributed by atoms with van der Waals surface area (Å²) in [5.74, 6) is -1.23. The van der Waals surface area contributed by atoms with Crippen LogP contribution >= 0.6 is 11.6 Å². The lowest BCUT2D eigenvalue weighted by Gasteiger charge is -2.10. The van der Waals surface area contributed by atoms with Gasteiger partial charge in [-0.05, 0) is 19.1 Å². The van der Waals surface area contributed by atoms with Gasteiger partial charge in [0, 0.05) is 6.42 Å². The molecule has 0 bridgehead atoms. The highest BCUT2D eigenvalue weighted by atomic mass is 35.5. The number of fused-ring (bicyclic) bond motifs is 1. The Morgan fingerprint density at radius 2 is 2.33 bits per heavy atom. The molecule has 1 heterocycles. The third-order valence-electron chi connectivity index (χ3n) is 2.77. The van der Waals surface area contributed by atoms with E-state index in [1.165, 1.54) is 0 Å². The van der Waals surface area contributed by atoms with E-state index >= 15 is 0 Å². The zero-order valence-corrected chi connectivity index (χ0v) is 10.7. The van der Waals surface area contributed by atoms with E-state index in [2.05, 4.69) is 0 Å². The van der Waals surface area contributed by atoms with Gasteiger partial charge in [-0.2, -0.15) is 0 Å². The number of benzene rings is 1. The Morgan fingerprint density at radius 1 is 1.56 bits per heavy atom. The first-order valence-electron chi connectivity index (χ1n) is 5.77. The molecule has 0 amide bonds. The lowest BCUT2D eigenvalue weighted by atomic mass is 9.95. The van der Waals surface area contributed by atoms with Crippen LogP contribution in [0.1, 0.15) is 23.7 Å². The second-order valence-electron chi connectivity index (χ2n) is 3.92. The highest BCUT2D eigenvalue weighted by Crippen LogP contribution is 2.33.